The molecule has 3 atom stereocenters. The van der Waals surface area contributed by atoms with Gasteiger partial charge in [-0.05, 0) is 86.6 Å². The van der Waals surface area contributed by atoms with Crippen molar-refractivity contribution in [3.05, 3.63) is 70.8 Å². The maximum absolute atomic E-state index is 11.5. The van der Waals surface area contributed by atoms with E-state index in [1.54, 1.807) is 6.07 Å². The molecule has 1 fully saturated rings. The van der Waals surface area contributed by atoms with Crippen molar-refractivity contribution in [1.82, 2.24) is 0 Å². The molecule has 2 aromatic rings. The summed E-state index contributed by atoms with van der Waals surface area (Å²) in [5.74, 6) is -0.444. The van der Waals surface area contributed by atoms with Crippen LogP contribution in [0.5, 0.6) is 0 Å². The molecule has 27 heavy (non-hydrogen) atoms. The van der Waals surface area contributed by atoms with Gasteiger partial charge in [0.05, 0.1) is 11.2 Å². The van der Waals surface area contributed by atoms with E-state index in [1.165, 1.54) is 16.7 Å². The van der Waals surface area contributed by atoms with E-state index in [-0.39, 0.29) is 5.41 Å². The third-order valence-electron chi connectivity index (χ3n) is 6.83. The number of carboxylic acids is 1. The smallest absolute Gasteiger partial charge is 0.335 e. The molecule has 0 saturated heterocycles. The fourth-order valence-electron chi connectivity index (χ4n) is 5.50. The second-order valence-corrected chi connectivity index (χ2v) is 8.79. The number of fused-ring (bicyclic) bond motifs is 3. The minimum absolute atomic E-state index is 0.0214. The molecule has 2 N–H and O–H groups in total. The normalized spacial score (nSPS) is 30.1. The molecule has 0 aliphatic heterocycles. The Kier molecular flexibility index (Phi) is 4.59. The van der Waals surface area contributed by atoms with Gasteiger partial charge in [-0.1, -0.05) is 36.4 Å². The minimum atomic E-state index is -0.859. The zero-order valence-electron chi connectivity index (χ0n) is 15.9. The van der Waals surface area contributed by atoms with Gasteiger partial charge >= 0.3 is 5.97 Å². The lowest BCUT2D eigenvalue weighted by Crippen LogP contribution is -2.47. The average Bonchev–Trinajstić information content (AvgIpc) is 2.78. The Balaban J connectivity index is 1.84. The molecule has 0 amide bonds. The van der Waals surface area contributed by atoms with Gasteiger partial charge in [0.15, 0.2) is 0 Å². The molecule has 3 nitrogen and oxygen atoms in total. The van der Waals surface area contributed by atoms with Crippen molar-refractivity contribution in [2.24, 2.45) is 5.92 Å². The Morgan fingerprint density at radius 2 is 1.93 bits per heavy atom. The van der Waals surface area contributed by atoms with Crippen LogP contribution in [0.3, 0.4) is 0 Å². The van der Waals surface area contributed by atoms with Crippen molar-refractivity contribution in [3.63, 3.8) is 0 Å². The fourth-order valence-corrected chi connectivity index (χ4v) is 5.50. The van der Waals surface area contributed by atoms with Crippen molar-refractivity contribution in [2.75, 3.05) is 0 Å². The molecule has 1 saturated carbocycles. The van der Waals surface area contributed by atoms with Crippen molar-refractivity contribution in [3.8, 4) is 0 Å². The number of aryl methyl sites for hydroxylation is 1. The topological polar surface area (TPSA) is 57.5 Å². The van der Waals surface area contributed by atoms with Crippen molar-refractivity contribution in [1.29, 1.82) is 0 Å². The quantitative estimate of drug-likeness (QED) is 0.826. The zero-order chi connectivity index (χ0) is 19.1. The van der Waals surface area contributed by atoms with Crippen LogP contribution in [-0.2, 0) is 18.3 Å². The molecule has 2 aromatic carbocycles. The third kappa shape index (κ3) is 3.41. The minimum Gasteiger partial charge on any atom is -0.478 e. The summed E-state index contributed by atoms with van der Waals surface area (Å²) in [6, 6.07) is 16.3. The number of hydrogen-bond donors (Lipinski definition) is 2. The Hall–Kier alpha value is -2.13. The lowest BCUT2D eigenvalue weighted by molar-refractivity contribution is -0.0330. The molecule has 4 rings (SSSR count). The van der Waals surface area contributed by atoms with Crippen molar-refractivity contribution >= 4 is 5.97 Å². The highest BCUT2D eigenvalue weighted by atomic mass is 16.4. The summed E-state index contributed by atoms with van der Waals surface area (Å²) in [7, 11) is 0. The van der Waals surface area contributed by atoms with E-state index in [0.717, 1.165) is 44.9 Å². The predicted molar refractivity (Wildman–Crippen MR) is 106 cm³/mol. The van der Waals surface area contributed by atoms with E-state index in [0.29, 0.717) is 11.5 Å². The van der Waals surface area contributed by atoms with E-state index in [1.807, 2.05) is 19.1 Å². The van der Waals surface area contributed by atoms with Crippen LogP contribution in [0.2, 0.25) is 0 Å². The summed E-state index contributed by atoms with van der Waals surface area (Å²) in [6.45, 7) is 1.97. The van der Waals surface area contributed by atoms with E-state index in [4.69, 9.17) is 0 Å². The largest absolute Gasteiger partial charge is 0.478 e. The second kappa shape index (κ2) is 6.79. The number of hydrogen-bond acceptors (Lipinski definition) is 2. The van der Waals surface area contributed by atoms with Gasteiger partial charge in [0.25, 0.3) is 0 Å². The van der Waals surface area contributed by atoms with Gasteiger partial charge in [0, 0.05) is 5.41 Å². The van der Waals surface area contributed by atoms with Crippen LogP contribution in [0.25, 0.3) is 0 Å². The Bertz CT molecular complexity index is 840. The first-order chi connectivity index (χ1) is 12.9. The van der Waals surface area contributed by atoms with Gasteiger partial charge in [-0.2, -0.15) is 0 Å². The van der Waals surface area contributed by atoms with Gasteiger partial charge in [-0.3, -0.25) is 0 Å². The third-order valence-corrected chi connectivity index (χ3v) is 6.83. The van der Waals surface area contributed by atoms with E-state index in [2.05, 4.69) is 30.3 Å². The summed E-state index contributed by atoms with van der Waals surface area (Å²) in [6.07, 6.45) is 6.56. The highest BCUT2D eigenvalue weighted by molar-refractivity contribution is 5.88. The van der Waals surface area contributed by atoms with Gasteiger partial charge in [-0.25, -0.2) is 4.79 Å². The maximum atomic E-state index is 11.5. The molecule has 0 unspecified atom stereocenters. The molecule has 2 aliphatic carbocycles. The van der Waals surface area contributed by atoms with Crippen LogP contribution in [0.4, 0.5) is 0 Å². The van der Waals surface area contributed by atoms with Crippen LogP contribution >= 0.6 is 0 Å². The standard InChI is InChI=1S/C24H28O3/c1-23(27)12-13-24(15-17-6-3-2-4-7-17)20(16-23)9-5-8-18-14-19(22(25)26)10-11-21(18)24/h2-4,6-7,10-11,14,20,27H,5,8-9,12-13,15-16H2,1H3,(H,25,26)/t20-,23-,24+/m1/s1. The van der Waals surface area contributed by atoms with E-state index in [9.17, 15) is 15.0 Å². The van der Waals surface area contributed by atoms with Crippen LogP contribution < -0.4 is 0 Å². The monoisotopic (exact) mass is 364 g/mol. The predicted octanol–water partition coefficient (Wildman–Crippen LogP) is 4.75. The maximum Gasteiger partial charge on any atom is 0.335 e. The van der Waals surface area contributed by atoms with Crippen LogP contribution in [0.1, 0.15) is 66.1 Å². The number of aliphatic hydroxyl groups is 1. The molecular weight excluding hydrogens is 336 g/mol. The number of benzene rings is 2. The molecule has 0 aromatic heterocycles. The van der Waals surface area contributed by atoms with Crippen molar-refractivity contribution < 1.29 is 15.0 Å². The summed E-state index contributed by atoms with van der Waals surface area (Å²) in [4.78, 5) is 11.5. The van der Waals surface area contributed by atoms with Gasteiger partial charge in [-0.15, -0.1) is 0 Å². The number of carboxylic acid groups (broad SMARTS) is 1. The fraction of sp³-hybridized carbons (Fsp3) is 0.458. The highest BCUT2D eigenvalue weighted by Crippen LogP contribution is 2.53. The van der Waals surface area contributed by atoms with Crippen molar-refractivity contribution in [2.45, 2.75) is 62.9 Å². The summed E-state index contributed by atoms with van der Waals surface area (Å²) in [5.41, 5.74) is 3.58. The molecule has 3 heteroatoms. The van der Waals surface area contributed by atoms with Gasteiger partial charge < -0.3 is 10.2 Å². The van der Waals surface area contributed by atoms with Crippen LogP contribution in [0, 0.1) is 5.92 Å². The molecule has 0 spiro atoms. The Morgan fingerprint density at radius 1 is 1.15 bits per heavy atom. The highest BCUT2D eigenvalue weighted by Gasteiger charge is 2.49. The number of carbonyl (C=O) groups is 1. The summed E-state index contributed by atoms with van der Waals surface area (Å²) < 4.78 is 0. The molecule has 0 radical (unpaired) electrons. The van der Waals surface area contributed by atoms with Crippen LogP contribution in [0.15, 0.2) is 48.5 Å². The first-order valence-electron chi connectivity index (χ1n) is 10.0. The van der Waals surface area contributed by atoms with E-state index < -0.39 is 11.6 Å². The lowest BCUT2D eigenvalue weighted by Gasteiger charge is -2.49. The SMILES string of the molecule is C[C@@]1(O)CC[C@@]2(Cc3ccccc3)c3ccc(C(=O)O)cc3CCC[C@@H]2C1. The molecule has 2 aliphatic rings. The first kappa shape index (κ1) is 18.2. The zero-order valence-corrected chi connectivity index (χ0v) is 15.9. The van der Waals surface area contributed by atoms with Gasteiger partial charge in [0.1, 0.15) is 0 Å². The molecular formula is C24H28O3. The number of aromatic carboxylic acids is 1. The lowest BCUT2D eigenvalue weighted by atomic mass is 9.56. The molecule has 0 heterocycles. The summed E-state index contributed by atoms with van der Waals surface area (Å²) >= 11 is 0. The first-order valence-corrected chi connectivity index (χ1v) is 10.0. The van der Waals surface area contributed by atoms with Crippen LogP contribution in [-0.4, -0.2) is 21.8 Å². The second-order valence-electron chi connectivity index (χ2n) is 8.79. The summed E-state index contributed by atoms with van der Waals surface area (Å²) in [5, 5.41) is 20.2. The van der Waals surface area contributed by atoms with Gasteiger partial charge in [0.2, 0.25) is 0 Å². The van der Waals surface area contributed by atoms with E-state index >= 15 is 0 Å². The Morgan fingerprint density at radius 3 is 2.67 bits per heavy atom. The molecule has 0 bridgehead atoms. The Labute approximate surface area is 161 Å². The average molecular weight is 364 g/mol. The number of rotatable bonds is 3. The molecule has 142 valence electrons.